The van der Waals surface area contributed by atoms with E-state index in [1.54, 1.807) is 13.0 Å². The minimum absolute atomic E-state index is 0.00772. The first-order valence-electron chi connectivity index (χ1n) is 11.3. The maximum atomic E-state index is 14.9. The van der Waals surface area contributed by atoms with Gasteiger partial charge >= 0.3 is 5.97 Å². The molecule has 0 aromatic heterocycles. The number of nitrogens with zero attached hydrogens (tertiary/aromatic N) is 1. The fraction of sp³-hybridized carbons (Fsp3) is 0.250. The van der Waals surface area contributed by atoms with Gasteiger partial charge < -0.3 is 15.4 Å². The number of aryl methyl sites for hydroxylation is 3. The van der Waals surface area contributed by atoms with Crippen LogP contribution in [0.25, 0.3) is 0 Å². The maximum absolute atomic E-state index is 14.9. The lowest BCUT2D eigenvalue weighted by molar-refractivity contribution is -0.138. The first-order valence-corrected chi connectivity index (χ1v) is 12.3. The van der Waals surface area contributed by atoms with Crippen LogP contribution in [-0.2, 0) is 14.3 Å². The van der Waals surface area contributed by atoms with Crippen molar-refractivity contribution in [3.63, 3.8) is 0 Å². The quantitative estimate of drug-likeness (QED) is 0.361. The zero-order valence-corrected chi connectivity index (χ0v) is 21.5. The van der Waals surface area contributed by atoms with Crippen molar-refractivity contribution in [2.24, 2.45) is 0 Å². The van der Waals surface area contributed by atoms with Crippen LogP contribution in [-0.4, -0.2) is 24.2 Å². The number of dihydropyridines is 1. The van der Waals surface area contributed by atoms with Gasteiger partial charge in [0.1, 0.15) is 12.4 Å². The molecular formula is C28H28FN3O3S. The average Bonchev–Trinajstić information content (AvgIpc) is 2.83. The fourth-order valence-corrected chi connectivity index (χ4v) is 5.11. The molecule has 186 valence electrons. The van der Waals surface area contributed by atoms with Crippen LogP contribution >= 0.6 is 11.8 Å². The van der Waals surface area contributed by atoms with E-state index < -0.39 is 17.7 Å². The number of allylic oxidation sites excluding steroid dienone is 2. The number of hydrogen-bond donors (Lipinski definition) is 2. The largest absolute Gasteiger partial charge is 0.458 e. The summed E-state index contributed by atoms with van der Waals surface area (Å²) in [6.07, 6.45) is 1.43. The molecule has 0 saturated heterocycles. The van der Waals surface area contributed by atoms with Crippen molar-refractivity contribution in [3.05, 3.63) is 99.0 Å². The second-order valence-electron chi connectivity index (χ2n) is 8.47. The van der Waals surface area contributed by atoms with Gasteiger partial charge in [-0.15, -0.1) is 0 Å². The predicted molar refractivity (Wildman–Crippen MR) is 141 cm³/mol. The van der Waals surface area contributed by atoms with Crippen LogP contribution < -0.4 is 10.6 Å². The molecule has 1 heterocycles. The highest BCUT2D eigenvalue weighted by Gasteiger charge is 2.37. The summed E-state index contributed by atoms with van der Waals surface area (Å²) in [6, 6.07) is 12.1. The van der Waals surface area contributed by atoms with Gasteiger partial charge in [0, 0.05) is 16.9 Å². The van der Waals surface area contributed by atoms with E-state index in [2.05, 4.69) is 23.3 Å². The van der Waals surface area contributed by atoms with E-state index in [1.807, 2.05) is 32.9 Å². The molecule has 1 amide bonds. The molecular weight excluding hydrogens is 477 g/mol. The molecule has 2 N–H and O–H groups in total. The van der Waals surface area contributed by atoms with Crippen molar-refractivity contribution in [2.45, 2.75) is 33.6 Å². The SMILES string of the molecule is C=CCOC(=O)C1=C(C)NC(SCC(=O)Nc2c(C)cc(C)cc2C)=C(C#N)[C@H]1c1ccccc1F. The van der Waals surface area contributed by atoms with Crippen LogP contribution in [0.15, 0.2) is 70.9 Å². The van der Waals surface area contributed by atoms with Crippen molar-refractivity contribution >= 4 is 29.3 Å². The Kier molecular flexibility index (Phi) is 8.73. The van der Waals surface area contributed by atoms with Crippen molar-refractivity contribution in [2.75, 3.05) is 17.7 Å². The Labute approximate surface area is 214 Å². The zero-order chi connectivity index (χ0) is 26.4. The summed E-state index contributed by atoms with van der Waals surface area (Å²) in [5.41, 5.74) is 4.65. The Bertz CT molecular complexity index is 1300. The number of rotatable bonds is 8. The Morgan fingerprint density at radius 3 is 2.50 bits per heavy atom. The molecule has 1 atom stereocenters. The molecule has 0 aliphatic carbocycles. The standard InChI is InChI=1S/C28H28FN3O3S/c1-6-11-35-28(34)24-19(5)31-27(21(14-30)25(24)20-9-7-8-10-22(20)29)36-15-23(33)32-26-17(3)12-16(2)13-18(26)4/h6-10,12-13,25,31H,1,11,15H2,2-5H3,(H,32,33)/t25-/m1/s1. The number of esters is 1. The number of ether oxygens (including phenoxy) is 1. The van der Waals surface area contributed by atoms with Crippen LogP contribution in [0.5, 0.6) is 0 Å². The second-order valence-corrected chi connectivity index (χ2v) is 9.46. The van der Waals surface area contributed by atoms with E-state index in [0.717, 1.165) is 34.1 Å². The molecule has 3 rings (SSSR count). The van der Waals surface area contributed by atoms with Gasteiger partial charge in [-0.2, -0.15) is 5.26 Å². The van der Waals surface area contributed by atoms with Crippen molar-refractivity contribution in [3.8, 4) is 6.07 Å². The number of halogens is 1. The molecule has 0 saturated carbocycles. The zero-order valence-electron chi connectivity index (χ0n) is 20.7. The molecule has 0 unspecified atom stereocenters. The number of nitrogens with one attached hydrogen (secondary N) is 2. The second kappa shape index (κ2) is 11.7. The van der Waals surface area contributed by atoms with Crippen LogP contribution in [0.3, 0.4) is 0 Å². The summed E-state index contributed by atoms with van der Waals surface area (Å²) >= 11 is 1.12. The first kappa shape index (κ1) is 26.8. The Balaban J connectivity index is 1.92. The normalized spacial score (nSPS) is 15.2. The third kappa shape index (κ3) is 5.86. The molecule has 0 radical (unpaired) electrons. The van der Waals surface area contributed by atoms with Gasteiger partial charge in [0.15, 0.2) is 0 Å². The number of hydrogen-bond acceptors (Lipinski definition) is 6. The van der Waals surface area contributed by atoms with E-state index in [-0.39, 0.29) is 35.0 Å². The predicted octanol–water partition coefficient (Wildman–Crippen LogP) is 5.55. The highest BCUT2D eigenvalue weighted by Crippen LogP contribution is 2.41. The highest BCUT2D eigenvalue weighted by atomic mass is 32.2. The van der Waals surface area contributed by atoms with Crippen LogP contribution in [0.2, 0.25) is 0 Å². The van der Waals surface area contributed by atoms with Gasteiger partial charge in [-0.1, -0.05) is 60.3 Å². The van der Waals surface area contributed by atoms with Crippen molar-refractivity contribution < 1.29 is 18.7 Å². The number of anilines is 1. The van der Waals surface area contributed by atoms with E-state index in [4.69, 9.17) is 4.74 Å². The van der Waals surface area contributed by atoms with Crippen LogP contribution in [0.1, 0.15) is 35.1 Å². The molecule has 0 spiro atoms. The molecule has 1 aliphatic heterocycles. The van der Waals surface area contributed by atoms with Gasteiger partial charge in [0.25, 0.3) is 0 Å². The average molecular weight is 506 g/mol. The number of benzene rings is 2. The number of amides is 1. The third-order valence-corrected chi connectivity index (χ3v) is 6.72. The Morgan fingerprint density at radius 1 is 1.22 bits per heavy atom. The Morgan fingerprint density at radius 2 is 1.89 bits per heavy atom. The first-order chi connectivity index (χ1) is 17.2. The molecule has 6 nitrogen and oxygen atoms in total. The summed E-state index contributed by atoms with van der Waals surface area (Å²) in [4.78, 5) is 25.7. The van der Waals surface area contributed by atoms with E-state index in [0.29, 0.717) is 10.7 Å². The molecule has 8 heteroatoms. The highest BCUT2D eigenvalue weighted by molar-refractivity contribution is 8.03. The Hall–Kier alpha value is -3.83. The smallest absolute Gasteiger partial charge is 0.337 e. The number of carbonyl (C=O) groups excluding carboxylic acids is 2. The monoisotopic (exact) mass is 505 g/mol. The molecule has 2 aromatic rings. The summed E-state index contributed by atoms with van der Waals surface area (Å²) in [6.45, 7) is 11.0. The van der Waals surface area contributed by atoms with E-state index >= 15 is 0 Å². The van der Waals surface area contributed by atoms with Crippen LogP contribution in [0, 0.1) is 37.9 Å². The van der Waals surface area contributed by atoms with Gasteiger partial charge in [-0.3, -0.25) is 4.79 Å². The lowest BCUT2D eigenvalue weighted by Gasteiger charge is -2.29. The van der Waals surface area contributed by atoms with Gasteiger partial charge in [0.05, 0.1) is 33.9 Å². The topological polar surface area (TPSA) is 91.2 Å². The van der Waals surface area contributed by atoms with Gasteiger partial charge in [0.2, 0.25) is 5.91 Å². The van der Waals surface area contributed by atoms with Gasteiger partial charge in [-0.25, -0.2) is 9.18 Å². The van der Waals surface area contributed by atoms with Crippen LogP contribution in [0.4, 0.5) is 10.1 Å². The minimum atomic E-state index is -0.984. The van der Waals surface area contributed by atoms with Crippen molar-refractivity contribution in [1.82, 2.24) is 5.32 Å². The molecule has 1 aliphatic rings. The lowest BCUT2D eigenvalue weighted by Crippen LogP contribution is -2.30. The maximum Gasteiger partial charge on any atom is 0.337 e. The summed E-state index contributed by atoms with van der Waals surface area (Å²) in [7, 11) is 0. The lowest BCUT2D eigenvalue weighted by atomic mass is 9.82. The van der Waals surface area contributed by atoms with E-state index in [1.165, 1.54) is 24.3 Å². The molecule has 0 bridgehead atoms. The van der Waals surface area contributed by atoms with Gasteiger partial charge in [-0.05, 0) is 44.9 Å². The molecule has 2 aromatic carbocycles. The fourth-order valence-electron chi connectivity index (χ4n) is 4.22. The molecule has 0 fully saturated rings. The summed E-state index contributed by atoms with van der Waals surface area (Å²) in [5.74, 6) is -2.45. The number of nitriles is 1. The number of carbonyl (C=O) groups is 2. The minimum Gasteiger partial charge on any atom is -0.458 e. The van der Waals surface area contributed by atoms with Crippen molar-refractivity contribution in [1.29, 1.82) is 5.26 Å². The van der Waals surface area contributed by atoms with E-state index in [9.17, 15) is 19.2 Å². The number of thioether (sulfide) groups is 1. The summed E-state index contributed by atoms with van der Waals surface area (Å²) in [5, 5.41) is 16.5. The third-order valence-electron chi connectivity index (χ3n) is 5.70. The molecule has 36 heavy (non-hydrogen) atoms. The summed E-state index contributed by atoms with van der Waals surface area (Å²) < 4.78 is 20.1.